The third-order valence-corrected chi connectivity index (χ3v) is 6.43. The number of unbranched alkanes of at least 4 members (excludes halogenated alkanes) is 2. The highest BCUT2D eigenvalue weighted by molar-refractivity contribution is 7.97. The second-order valence-electron chi connectivity index (χ2n) is 8.03. The number of aryl methyl sites for hydroxylation is 2. The van der Waals surface area contributed by atoms with E-state index in [4.69, 9.17) is 5.73 Å². The molecule has 0 amide bonds. The van der Waals surface area contributed by atoms with Crippen molar-refractivity contribution in [1.29, 1.82) is 0 Å². The largest absolute Gasteiger partial charge is 0.328 e. The van der Waals surface area contributed by atoms with Crippen molar-refractivity contribution in [2.45, 2.75) is 71.2 Å². The lowest BCUT2D eigenvalue weighted by Crippen LogP contribution is -2.24. The molecule has 0 heterocycles. The summed E-state index contributed by atoms with van der Waals surface area (Å²) in [4.78, 5) is 1.29. The standard InChI is InChI=1S/C26H36N2S/c1-8-9-10-11-22-13-15-24(19(5)26(22)29-28-21(7)20(6)27)25-16-18(4)12-14-23(25)17(2)3/h12-16,20,28H,2,7-11,27H2,1,3-6H3. The first-order valence-electron chi connectivity index (χ1n) is 10.5. The topological polar surface area (TPSA) is 38.0 Å². The third-order valence-electron chi connectivity index (χ3n) is 5.30. The van der Waals surface area contributed by atoms with E-state index in [0.29, 0.717) is 0 Å². The van der Waals surface area contributed by atoms with Crippen LogP contribution in [0.15, 0.2) is 54.1 Å². The molecule has 1 atom stereocenters. The number of allylic oxidation sites excluding steroid dienone is 1. The van der Waals surface area contributed by atoms with Crippen LogP contribution in [0.25, 0.3) is 16.7 Å². The van der Waals surface area contributed by atoms with Crippen LogP contribution in [0.5, 0.6) is 0 Å². The van der Waals surface area contributed by atoms with E-state index >= 15 is 0 Å². The summed E-state index contributed by atoms with van der Waals surface area (Å²) in [5.74, 6) is 0. The Morgan fingerprint density at radius 1 is 1.10 bits per heavy atom. The maximum atomic E-state index is 5.98. The van der Waals surface area contributed by atoms with Crippen molar-refractivity contribution in [3.05, 3.63) is 71.4 Å². The Labute approximate surface area is 181 Å². The van der Waals surface area contributed by atoms with E-state index in [-0.39, 0.29) is 6.04 Å². The fraction of sp³-hybridized carbons (Fsp3) is 0.385. The first kappa shape index (κ1) is 23.3. The molecule has 3 N–H and O–H groups in total. The van der Waals surface area contributed by atoms with Crippen LogP contribution in [-0.4, -0.2) is 6.04 Å². The molecule has 0 radical (unpaired) electrons. The first-order chi connectivity index (χ1) is 13.8. The van der Waals surface area contributed by atoms with E-state index in [1.165, 1.54) is 57.5 Å². The van der Waals surface area contributed by atoms with E-state index < -0.39 is 0 Å². The van der Waals surface area contributed by atoms with Gasteiger partial charge in [0, 0.05) is 16.6 Å². The summed E-state index contributed by atoms with van der Waals surface area (Å²) < 4.78 is 3.38. The van der Waals surface area contributed by atoms with Gasteiger partial charge >= 0.3 is 0 Å². The van der Waals surface area contributed by atoms with Crippen molar-refractivity contribution >= 4 is 17.5 Å². The molecule has 0 aliphatic heterocycles. The van der Waals surface area contributed by atoms with Crippen LogP contribution in [0.1, 0.15) is 62.3 Å². The molecule has 0 saturated heterocycles. The summed E-state index contributed by atoms with van der Waals surface area (Å²) in [6.07, 6.45) is 4.77. The monoisotopic (exact) mass is 408 g/mol. The second kappa shape index (κ2) is 10.7. The molecule has 2 nitrogen and oxygen atoms in total. The number of nitrogens with two attached hydrogens (primary N) is 1. The van der Waals surface area contributed by atoms with E-state index in [0.717, 1.165) is 17.7 Å². The maximum Gasteiger partial charge on any atom is 0.0418 e. The number of nitrogens with one attached hydrogen (secondary N) is 1. The maximum absolute atomic E-state index is 5.98. The molecule has 0 aliphatic carbocycles. The molecule has 0 fully saturated rings. The Bertz CT molecular complexity index is 881. The number of hydrogen-bond donors (Lipinski definition) is 2. The molecule has 3 heteroatoms. The van der Waals surface area contributed by atoms with Gasteiger partial charge in [-0.2, -0.15) is 0 Å². The number of rotatable bonds is 10. The van der Waals surface area contributed by atoms with Crippen LogP contribution in [0, 0.1) is 13.8 Å². The third kappa shape index (κ3) is 6.01. The van der Waals surface area contributed by atoms with Gasteiger partial charge < -0.3 is 10.5 Å². The second-order valence-corrected chi connectivity index (χ2v) is 8.85. The zero-order chi connectivity index (χ0) is 21.6. The Morgan fingerprint density at radius 2 is 1.83 bits per heavy atom. The van der Waals surface area contributed by atoms with Gasteiger partial charge in [0.2, 0.25) is 0 Å². The first-order valence-corrected chi connectivity index (χ1v) is 11.3. The Kier molecular flexibility index (Phi) is 8.60. The van der Waals surface area contributed by atoms with Gasteiger partial charge in [-0.25, -0.2) is 0 Å². The Morgan fingerprint density at radius 3 is 2.45 bits per heavy atom. The van der Waals surface area contributed by atoms with Crippen LogP contribution < -0.4 is 10.5 Å². The molecule has 0 aliphatic rings. The highest BCUT2D eigenvalue weighted by Crippen LogP contribution is 2.37. The van der Waals surface area contributed by atoms with E-state index in [1.807, 2.05) is 6.92 Å². The summed E-state index contributed by atoms with van der Waals surface area (Å²) >= 11 is 1.64. The number of benzene rings is 2. The van der Waals surface area contributed by atoms with Gasteiger partial charge in [-0.05, 0) is 80.3 Å². The average molecular weight is 409 g/mol. The molecule has 156 valence electrons. The lowest BCUT2D eigenvalue weighted by molar-refractivity contribution is 0.711. The Hall–Kier alpha value is -1.97. The molecule has 2 rings (SSSR count). The quantitative estimate of drug-likeness (QED) is 0.322. The summed E-state index contributed by atoms with van der Waals surface area (Å²) in [7, 11) is 0. The normalized spacial score (nSPS) is 11.9. The summed E-state index contributed by atoms with van der Waals surface area (Å²) in [5, 5.41) is 0. The van der Waals surface area contributed by atoms with Crippen molar-refractivity contribution in [1.82, 2.24) is 4.72 Å². The molecule has 0 aromatic heterocycles. The minimum atomic E-state index is -0.0821. The summed E-state index contributed by atoms with van der Waals surface area (Å²) in [6, 6.07) is 11.1. The van der Waals surface area contributed by atoms with Crippen LogP contribution in [0.4, 0.5) is 0 Å². The van der Waals surface area contributed by atoms with Gasteiger partial charge in [-0.15, -0.1) is 0 Å². The molecule has 2 aromatic carbocycles. The number of hydrogen-bond acceptors (Lipinski definition) is 3. The lowest BCUT2D eigenvalue weighted by Gasteiger charge is -2.20. The van der Waals surface area contributed by atoms with Crippen LogP contribution in [0.2, 0.25) is 0 Å². The van der Waals surface area contributed by atoms with Crippen molar-refractivity contribution in [3.63, 3.8) is 0 Å². The molecule has 29 heavy (non-hydrogen) atoms. The summed E-state index contributed by atoms with van der Waals surface area (Å²) in [6.45, 7) is 18.9. The van der Waals surface area contributed by atoms with Crippen molar-refractivity contribution in [3.8, 4) is 11.1 Å². The molecule has 1 unspecified atom stereocenters. The minimum absolute atomic E-state index is 0.0821. The predicted octanol–water partition coefficient (Wildman–Crippen LogP) is 7.19. The van der Waals surface area contributed by atoms with Gasteiger partial charge in [-0.3, -0.25) is 0 Å². The van der Waals surface area contributed by atoms with Gasteiger partial charge in [0.15, 0.2) is 0 Å². The fourth-order valence-corrected chi connectivity index (χ4v) is 4.39. The van der Waals surface area contributed by atoms with Crippen LogP contribution in [-0.2, 0) is 6.42 Å². The summed E-state index contributed by atoms with van der Waals surface area (Å²) in [5.41, 5.74) is 15.6. The predicted molar refractivity (Wildman–Crippen MR) is 131 cm³/mol. The van der Waals surface area contributed by atoms with Crippen LogP contribution in [0.3, 0.4) is 0 Å². The average Bonchev–Trinajstić information content (AvgIpc) is 2.67. The molecular formula is C26H36N2S. The zero-order valence-corrected chi connectivity index (χ0v) is 19.5. The van der Waals surface area contributed by atoms with E-state index in [9.17, 15) is 0 Å². The van der Waals surface area contributed by atoms with Crippen molar-refractivity contribution < 1.29 is 0 Å². The highest BCUT2D eigenvalue weighted by atomic mass is 32.2. The van der Waals surface area contributed by atoms with Gasteiger partial charge in [0.25, 0.3) is 0 Å². The van der Waals surface area contributed by atoms with E-state index in [2.05, 4.69) is 75.9 Å². The van der Waals surface area contributed by atoms with Crippen molar-refractivity contribution in [2.75, 3.05) is 0 Å². The smallest absolute Gasteiger partial charge is 0.0418 e. The Balaban J connectivity index is 2.53. The molecule has 0 bridgehead atoms. The molecule has 0 saturated carbocycles. The molecular weight excluding hydrogens is 372 g/mol. The molecule has 0 spiro atoms. The highest BCUT2D eigenvalue weighted by Gasteiger charge is 2.16. The lowest BCUT2D eigenvalue weighted by atomic mass is 9.90. The van der Waals surface area contributed by atoms with Crippen molar-refractivity contribution in [2.24, 2.45) is 5.73 Å². The van der Waals surface area contributed by atoms with Crippen LogP contribution >= 0.6 is 11.9 Å². The van der Waals surface area contributed by atoms with Gasteiger partial charge in [-0.1, -0.05) is 74.4 Å². The van der Waals surface area contributed by atoms with Gasteiger partial charge in [0.05, 0.1) is 0 Å². The minimum Gasteiger partial charge on any atom is -0.328 e. The fourth-order valence-electron chi connectivity index (χ4n) is 3.41. The van der Waals surface area contributed by atoms with Gasteiger partial charge in [0.1, 0.15) is 0 Å². The van der Waals surface area contributed by atoms with E-state index in [1.54, 1.807) is 11.9 Å². The SMILES string of the molecule is C=C(C)c1ccc(C)cc1-c1ccc(CCCCC)c(SNC(=C)C(C)N)c1C. The molecule has 2 aromatic rings. The zero-order valence-electron chi connectivity index (χ0n) is 18.7.